The van der Waals surface area contributed by atoms with Crippen molar-refractivity contribution in [3.05, 3.63) is 33.1 Å². The third-order valence-corrected chi connectivity index (χ3v) is 7.36. The van der Waals surface area contributed by atoms with Crippen LogP contribution in [0, 0.1) is 13.8 Å². The molecule has 1 aromatic heterocycles. The smallest absolute Gasteiger partial charge is 0.313 e. The average Bonchev–Trinajstić information content (AvgIpc) is 3.24. The van der Waals surface area contributed by atoms with E-state index < -0.39 is 17.7 Å². The van der Waals surface area contributed by atoms with Crippen molar-refractivity contribution in [3.63, 3.8) is 0 Å². The molecule has 0 saturated carbocycles. The number of benzene rings is 1. The van der Waals surface area contributed by atoms with Gasteiger partial charge in [-0.2, -0.15) is 0 Å². The molecule has 0 amide bonds. The van der Waals surface area contributed by atoms with Gasteiger partial charge in [0.25, 0.3) is 5.88 Å². The zero-order valence-corrected chi connectivity index (χ0v) is 21.5. The molecule has 3 aliphatic heterocycles. The van der Waals surface area contributed by atoms with E-state index in [0.717, 1.165) is 23.0 Å². The first-order valence-corrected chi connectivity index (χ1v) is 12.1. The SMILES string of the molecule is Cc1cc2nc(OC[C@@H]3OC(C)(C)O[C@@H]3[C@@H]3COC(C)(C)O3)c(=O)n3c2c(c1C)C(C)(C)CC3. The Hall–Kier alpha value is -2.00. The van der Waals surface area contributed by atoms with Crippen LogP contribution in [-0.4, -0.2) is 52.7 Å². The van der Waals surface area contributed by atoms with E-state index in [-0.39, 0.29) is 35.7 Å². The van der Waals surface area contributed by atoms with Crippen molar-refractivity contribution in [2.45, 2.75) is 104 Å². The Kier molecular flexibility index (Phi) is 5.41. The van der Waals surface area contributed by atoms with E-state index in [0.29, 0.717) is 13.2 Å². The second-order valence-corrected chi connectivity index (χ2v) is 11.4. The molecule has 2 fully saturated rings. The lowest BCUT2D eigenvalue weighted by Gasteiger charge is -2.35. The highest BCUT2D eigenvalue weighted by atomic mass is 16.8. The van der Waals surface area contributed by atoms with Crippen LogP contribution in [0.1, 0.15) is 64.7 Å². The third-order valence-electron chi connectivity index (χ3n) is 7.36. The van der Waals surface area contributed by atoms with Crippen LogP contribution in [0.4, 0.5) is 0 Å². The fourth-order valence-electron chi connectivity index (χ4n) is 5.61. The van der Waals surface area contributed by atoms with Crippen LogP contribution in [0.15, 0.2) is 10.9 Å². The van der Waals surface area contributed by atoms with E-state index in [1.807, 2.05) is 38.3 Å². The fraction of sp³-hybridized carbons (Fsp3) is 0.692. The number of rotatable bonds is 4. The van der Waals surface area contributed by atoms with Gasteiger partial charge >= 0.3 is 5.56 Å². The van der Waals surface area contributed by atoms with Gasteiger partial charge in [0.1, 0.15) is 24.9 Å². The lowest BCUT2D eigenvalue weighted by atomic mass is 9.75. The minimum absolute atomic E-state index is 0.0180. The van der Waals surface area contributed by atoms with Gasteiger partial charge in [-0.05, 0) is 76.1 Å². The second-order valence-electron chi connectivity index (χ2n) is 11.4. The van der Waals surface area contributed by atoms with Gasteiger partial charge in [-0.3, -0.25) is 4.79 Å². The van der Waals surface area contributed by atoms with E-state index in [9.17, 15) is 4.79 Å². The van der Waals surface area contributed by atoms with Gasteiger partial charge in [0.15, 0.2) is 11.6 Å². The Morgan fingerprint density at radius 3 is 2.50 bits per heavy atom. The van der Waals surface area contributed by atoms with Crippen molar-refractivity contribution in [3.8, 4) is 5.88 Å². The molecular weight excluding hydrogens is 436 g/mol. The molecular formula is C26H36N2O6. The predicted molar refractivity (Wildman–Crippen MR) is 127 cm³/mol. The van der Waals surface area contributed by atoms with E-state index in [1.165, 1.54) is 11.1 Å². The summed E-state index contributed by atoms with van der Waals surface area (Å²) in [4.78, 5) is 18.1. The summed E-state index contributed by atoms with van der Waals surface area (Å²) in [6.45, 7) is 17.4. The monoisotopic (exact) mass is 472 g/mol. The highest BCUT2D eigenvalue weighted by molar-refractivity contribution is 5.83. The maximum absolute atomic E-state index is 13.4. The van der Waals surface area contributed by atoms with Crippen molar-refractivity contribution in [1.82, 2.24) is 9.55 Å². The average molecular weight is 473 g/mol. The van der Waals surface area contributed by atoms with Gasteiger partial charge in [-0.15, -0.1) is 0 Å². The Bertz CT molecular complexity index is 1200. The van der Waals surface area contributed by atoms with Gasteiger partial charge in [-0.25, -0.2) is 4.98 Å². The summed E-state index contributed by atoms with van der Waals surface area (Å²) < 4.78 is 31.9. The first-order chi connectivity index (χ1) is 15.8. The largest absolute Gasteiger partial charge is 0.471 e. The summed E-state index contributed by atoms with van der Waals surface area (Å²) in [5.41, 5.74) is 5.09. The lowest BCUT2D eigenvalue weighted by molar-refractivity contribution is -0.174. The molecule has 8 nitrogen and oxygen atoms in total. The zero-order chi connectivity index (χ0) is 24.6. The van der Waals surface area contributed by atoms with Crippen LogP contribution in [0.3, 0.4) is 0 Å². The van der Waals surface area contributed by atoms with Crippen molar-refractivity contribution in [2.24, 2.45) is 0 Å². The summed E-state index contributed by atoms with van der Waals surface area (Å²) in [5.74, 6) is -1.37. The molecule has 3 aliphatic rings. The molecule has 34 heavy (non-hydrogen) atoms. The minimum atomic E-state index is -0.790. The van der Waals surface area contributed by atoms with Crippen LogP contribution in [0.2, 0.25) is 0 Å². The number of nitrogens with zero attached hydrogens (tertiary/aromatic N) is 2. The van der Waals surface area contributed by atoms with E-state index >= 15 is 0 Å². The molecule has 0 bridgehead atoms. The maximum Gasteiger partial charge on any atom is 0.313 e. The molecule has 0 N–H and O–H groups in total. The van der Waals surface area contributed by atoms with Crippen LogP contribution in [-0.2, 0) is 30.9 Å². The van der Waals surface area contributed by atoms with Crippen molar-refractivity contribution < 1.29 is 23.7 Å². The lowest BCUT2D eigenvalue weighted by Crippen LogP contribution is -2.41. The molecule has 1 aromatic carbocycles. The molecule has 2 aromatic rings. The summed E-state index contributed by atoms with van der Waals surface area (Å²) in [7, 11) is 0. The summed E-state index contributed by atoms with van der Waals surface area (Å²) in [6, 6.07) is 2.05. The minimum Gasteiger partial charge on any atom is -0.471 e. The van der Waals surface area contributed by atoms with Crippen LogP contribution in [0.5, 0.6) is 5.88 Å². The van der Waals surface area contributed by atoms with Gasteiger partial charge in [0.05, 0.1) is 17.6 Å². The molecule has 3 atom stereocenters. The Morgan fingerprint density at radius 2 is 1.82 bits per heavy atom. The highest BCUT2D eigenvalue weighted by Gasteiger charge is 2.50. The summed E-state index contributed by atoms with van der Waals surface area (Å²) in [6.07, 6.45) is -0.207. The Morgan fingerprint density at radius 1 is 1.09 bits per heavy atom. The van der Waals surface area contributed by atoms with E-state index in [1.54, 1.807) is 0 Å². The summed E-state index contributed by atoms with van der Waals surface area (Å²) >= 11 is 0. The number of aromatic nitrogens is 2. The molecule has 5 rings (SSSR count). The van der Waals surface area contributed by atoms with Gasteiger partial charge in [0, 0.05) is 6.54 Å². The maximum atomic E-state index is 13.4. The quantitative estimate of drug-likeness (QED) is 0.670. The Balaban J connectivity index is 1.46. The van der Waals surface area contributed by atoms with Crippen LogP contribution in [0.25, 0.3) is 11.0 Å². The van der Waals surface area contributed by atoms with Crippen LogP contribution < -0.4 is 10.3 Å². The van der Waals surface area contributed by atoms with E-state index in [2.05, 4.69) is 32.7 Å². The van der Waals surface area contributed by atoms with Crippen molar-refractivity contribution in [2.75, 3.05) is 13.2 Å². The topological polar surface area (TPSA) is 81.0 Å². The second kappa shape index (κ2) is 7.75. The molecule has 0 aliphatic carbocycles. The molecule has 186 valence electrons. The van der Waals surface area contributed by atoms with Crippen molar-refractivity contribution in [1.29, 1.82) is 0 Å². The first kappa shape index (κ1) is 23.7. The van der Waals surface area contributed by atoms with Crippen LogP contribution >= 0.6 is 0 Å². The zero-order valence-electron chi connectivity index (χ0n) is 21.5. The number of hydrogen-bond donors (Lipinski definition) is 0. The van der Waals surface area contributed by atoms with Crippen molar-refractivity contribution >= 4 is 11.0 Å². The molecule has 4 heterocycles. The fourth-order valence-corrected chi connectivity index (χ4v) is 5.61. The number of ether oxygens (including phenoxy) is 5. The normalized spacial score (nSPS) is 29.0. The number of aryl methyl sites for hydroxylation is 2. The third kappa shape index (κ3) is 3.94. The molecule has 2 saturated heterocycles. The van der Waals surface area contributed by atoms with Gasteiger partial charge in [-0.1, -0.05) is 13.8 Å². The standard InChI is InChI=1S/C26H36N2O6/c1-14-11-16-20-19(15(14)2)24(3,4)9-10-28(20)23(29)22(27-16)30-12-17-21(34-26(7,8)33-17)18-13-31-25(5,6)32-18/h11,17-18,21H,9-10,12-13H2,1-8H3/t17-,18-,21-/m0/s1. The molecule has 8 heteroatoms. The molecule has 0 unspecified atom stereocenters. The molecule has 0 spiro atoms. The van der Waals surface area contributed by atoms with E-state index in [4.69, 9.17) is 23.7 Å². The highest BCUT2D eigenvalue weighted by Crippen LogP contribution is 2.40. The Labute approximate surface area is 200 Å². The summed E-state index contributed by atoms with van der Waals surface area (Å²) in [5, 5.41) is 0. The number of hydrogen-bond acceptors (Lipinski definition) is 7. The first-order valence-electron chi connectivity index (χ1n) is 12.1. The molecule has 0 radical (unpaired) electrons. The van der Waals surface area contributed by atoms with Gasteiger partial charge in [0.2, 0.25) is 0 Å². The van der Waals surface area contributed by atoms with Gasteiger partial charge < -0.3 is 28.3 Å². The predicted octanol–water partition coefficient (Wildman–Crippen LogP) is 3.75.